The molecule has 0 aromatic heterocycles. The first kappa shape index (κ1) is 19.0. The molecule has 28 heavy (non-hydrogen) atoms. The van der Waals surface area contributed by atoms with Gasteiger partial charge in [-0.3, -0.25) is 4.99 Å². The number of guanidine groups is 1. The fourth-order valence-electron chi connectivity index (χ4n) is 3.90. The Morgan fingerprint density at radius 1 is 1.25 bits per heavy atom. The maximum atomic E-state index is 14.0. The number of fused-ring (bicyclic) bond motifs is 1. The van der Waals surface area contributed by atoms with Crippen LogP contribution in [0, 0.1) is 11.6 Å². The predicted octanol–water partition coefficient (Wildman–Crippen LogP) is 2.70. The van der Waals surface area contributed by atoms with Crippen LogP contribution in [0.4, 0.5) is 13.6 Å². The molecule has 1 aromatic rings. The molecule has 2 heterocycles. The van der Waals surface area contributed by atoms with Crippen LogP contribution in [-0.4, -0.2) is 65.7 Å². The number of aliphatic imine (C=N–C) groups is 1. The van der Waals surface area contributed by atoms with Gasteiger partial charge in [-0.25, -0.2) is 13.6 Å². The first-order valence-corrected chi connectivity index (χ1v) is 9.72. The van der Waals surface area contributed by atoms with Crippen LogP contribution < -0.4 is 5.32 Å². The lowest BCUT2D eigenvalue weighted by molar-refractivity contribution is 0.0137. The van der Waals surface area contributed by atoms with Crippen LogP contribution in [0.15, 0.2) is 23.2 Å². The van der Waals surface area contributed by atoms with Crippen LogP contribution in [0.1, 0.15) is 38.7 Å². The van der Waals surface area contributed by atoms with Crippen LogP contribution in [-0.2, 0) is 4.74 Å². The lowest BCUT2D eigenvalue weighted by atomic mass is 10.1. The Hall–Kier alpha value is -2.38. The molecule has 2 aliphatic heterocycles. The maximum absolute atomic E-state index is 14.0. The molecule has 0 bridgehead atoms. The van der Waals surface area contributed by atoms with Crippen LogP contribution in [0.2, 0.25) is 0 Å². The average molecular weight is 392 g/mol. The summed E-state index contributed by atoms with van der Waals surface area (Å²) in [5, 5.41) is 3.35. The fraction of sp³-hybridized carbons (Fsp3) is 0.600. The van der Waals surface area contributed by atoms with E-state index in [1.807, 2.05) is 20.8 Å². The zero-order valence-electron chi connectivity index (χ0n) is 16.4. The molecule has 1 saturated carbocycles. The standard InChI is InChI=1S/C20H26F2N4O2/c1-20(2,3)28-19(27)25-7-8-26-12(11-25)10-23-18(26)24-16-9-13(16)17-14(21)5-4-6-15(17)22/h4-6,12-13,16H,7-11H2,1-3H3,(H,23,24). The highest BCUT2D eigenvalue weighted by molar-refractivity contribution is 5.83. The van der Waals surface area contributed by atoms with E-state index in [2.05, 4.69) is 15.2 Å². The topological polar surface area (TPSA) is 57.2 Å². The second-order valence-electron chi connectivity index (χ2n) is 8.67. The smallest absolute Gasteiger partial charge is 0.410 e. The molecule has 4 rings (SSSR count). The van der Waals surface area contributed by atoms with Crippen molar-refractivity contribution >= 4 is 12.1 Å². The minimum Gasteiger partial charge on any atom is -0.444 e. The number of amides is 1. The lowest BCUT2D eigenvalue weighted by Gasteiger charge is -2.39. The molecule has 2 fully saturated rings. The van der Waals surface area contributed by atoms with Gasteiger partial charge in [-0.2, -0.15) is 0 Å². The first-order valence-electron chi connectivity index (χ1n) is 9.72. The third-order valence-corrected chi connectivity index (χ3v) is 5.33. The van der Waals surface area contributed by atoms with Crippen LogP contribution in [0.5, 0.6) is 0 Å². The molecule has 3 atom stereocenters. The summed E-state index contributed by atoms with van der Waals surface area (Å²) in [6, 6.07) is 4.06. The van der Waals surface area contributed by atoms with Gasteiger partial charge in [-0.15, -0.1) is 0 Å². The van der Waals surface area contributed by atoms with Gasteiger partial charge in [-0.05, 0) is 39.3 Å². The van der Waals surface area contributed by atoms with Gasteiger partial charge in [0, 0.05) is 37.2 Å². The number of benzene rings is 1. The fourth-order valence-corrected chi connectivity index (χ4v) is 3.90. The molecule has 152 valence electrons. The zero-order chi connectivity index (χ0) is 20.1. The third-order valence-electron chi connectivity index (χ3n) is 5.33. The van der Waals surface area contributed by atoms with E-state index < -0.39 is 17.2 Å². The first-order chi connectivity index (χ1) is 13.2. The highest BCUT2D eigenvalue weighted by atomic mass is 19.1. The number of carbonyl (C=O) groups is 1. The van der Waals surface area contributed by atoms with Gasteiger partial charge in [0.2, 0.25) is 0 Å². The normalized spacial score (nSPS) is 26.6. The quantitative estimate of drug-likeness (QED) is 0.841. The summed E-state index contributed by atoms with van der Waals surface area (Å²) in [5.74, 6) is -0.401. The highest BCUT2D eigenvalue weighted by Crippen LogP contribution is 2.43. The summed E-state index contributed by atoms with van der Waals surface area (Å²) in [5.41, 5.74) is -0.360. The van der Waals surface area contributed by atoms with Crippen LogP contribution in [0.25, 0.3) is 0 Å². The van der Waals surface area contributed by atoms with Gasteiger partial charge < -0.3 is 19.9 Å². The maximum Gasteiger partial charge on any atom is 0.410 e. The van der Waals surface area contributed by atoms with E-state index >= 15 is 0 Å². The predicted molar refractivity (Wildman–Crippen MR) is 101 cm³/mol. The number of hydrogen-bond acceptors (Lipinski definition) is 5. The highest BCUT2D eigenvalue weighted by Gasteiger charge is 2.45. The van der Waals surface area contributed by atoms with E-state index in [0.717, 1.165) is 5.96 Å². The molecule has 1 aromatic carbocycles. The molecule has 3 unspecified atom stereocenters. The Morgan fingerprint density at radius 3 is 2.64 bits per heavy atom. The minimum atomic E-state index is -0.518. The summed E-state index contributed by atoms with van der Waals surface area (Å²) < 4.78 is 33.4. The summed E-state index contributed by atoms with van der Waals surface area (Å²) in [7, 11) is 0. The van der Waals surface area contributed by atoms with Gasteiger partial charge in [0.25, 0.3) is 0 Å². The zero-order valence-corrected chi connectivity index (χ0v) is 16.4. The Labute approximate surface area is 163 Å². The van der Waals surface area contributed by atoms with E-state index in [1.54, 1.807) is 4.90 Å². The molecule has 0 radical (unpaired) electrons. The number of nitrogens with one attached hydrogen (secondary N) is 1. The molecule has 1 aliphatic carbocycles. The Morgan fingerprint density at radius 2 is 1.96 bits per heavy atom. The minimum absolute atomic E-state index is 0.0206. The number of carbonyl (C=O) groups excluding carboxylic acids is 1. The molecule has 3 aliphatic rings. The molecular weight excluding hydrogens is 366 g/mol. The number of piperazine rings is 1. The number of halogens is 2. The SMILES string of the molecule is CC(C)(C)OC(=O)N1CCN2C(NC3CC3c3c(F)cccc3F)=NCC2C1. The third kappa shape index (κ3) is 3.77. The number of nitrogens with zero attached hydrogens (tertiary/aromatic N) is 3. The van der Waals surface area contributed by atoms with Crippen LogP contribution >= 0.6 is 0 Å². The van der Waals surface area contributed by atoms with Crippen molar-refractivity contribution in [2.24, 2.45) is 4.99 Å². The largest absolute Gasteiger partial charge is 0.444 e. The van der Waals surface area contributed by atoms with Crippen molar-refractivity contribution in [1.82, 2.24) is 15.1 Å². The Kier molecular flexibility index (Phi) is 4.67. The second-order valence-corrected chi connectivity index (χ2v) is 8.67. The van der Waals surface area contributed by atoms with E-state index in [9.17, 15) is 13.6 Å². The molecule has 6 nitrogen and oxygen atoms in total. The van der Waals surface area contributed by atoms with Crippen molar-refractivity contribution in [3.63, 3.8) is 0 Å². The molecule has 1 amide bonds. The summed E-state index contributed by atoms with van der Waals surface area (Å²) >= 11 is 0. The van der Waals surface area contributed by atoms with Gasteiger partial charge in [-0.1, -0.05) is 6.07 Å². The van der Waals surface area contributed by atoms with Crippen molar-refractivity contribution in [2.45, 2.75) is 50.8 Å². The van der Waals surface area contributed by atoms with Gasteiger partial charge in [0.15, 0.2) is 5.96 Å². The average Bonchev–Trinajstić information content (AvgIpc) is 3.23. The van der Waals surface area contributed by atoms with E-state index in [4.69, 9.17) is 4.74 Å². The monoisotopic (exact) mass is 392 g/mol. The van der Waals surface area contributed by atoms with Crippen molar-refractivity contribution in [3.8, 4) is 0 Å². The summed E-state index contributed by atoms with van der Waals surface area (Å²) in [6.07, 6.45) is 0.380. The van der Waals surface area contributed by atoms with Gasteiger partial charge >= 0.3 is 6.09 Å². The van der Waals surface area contributed by atoms with Crippen molar-refractivity contribution in [3.05, 3.63) is 35.4 Å². The second kappa shape index (κ2) is 6.90. The Bertz CT molecular complexity index is 788. The molecular formula is C20H26F2N4O2. The van der Waals surface area contributed by atoms with Crippen molar-refractivity contribution in [2.75, 3.05) is 26.2 Å². The number of rotatable bonds is 2. The van der Waals surface area contributed by atoms with Gasteiger partial charge in [0.05, 0.1) is 12.6 Å². The number of hydrogen-bond donors (Lipinski definition) is 1. The molecule has 0 spiro atoms. The molecule has 8 heteroatoms. The molecule has 1 N–H and O–H groups in total. The van der Waals surface area contributed by atoms with Crippen molar-refractivity contribution in [1.29, 1.82) is 0 Å². The number of ether oxygens (including phenoxy) is 1. The van der Waals surface area contributed by atoms with E-state index in [1.165, 1.54) is 18.2 Å². The lowest BCUT2D eigenvalue weighted by Crippen LogP contribution is -2.57. The summed E-state index contributed by atoms with van der Waals surface area (Å²) in [4.78, 5) is 20.7. The van der Waals surface area contributed by atoms with E-state index in [-0.39, 0.29) is 29.7 Å². The van der Waals surface area contributed by atoms with E-state index in [0.29, 0.717) is 32.6 Å². The molecule has 1 saturated heterocycles. The Balaban J connectivity index is 1.33. The van der Waals surface area contributed by atoms with Crippen molar-refractivity contribution < 1.29 is 18.3 Å². The summed E-state index contributed by atoms with van der Waals surface area (Å²) in [6.45, 7) is 7.92. The van der Waals surface area contributed by atoms with Gasteiger partial charge in [0.1, 0.15) is 17.2 Å². The van der Waals surface area contributed by atoms with Crippen LogP contribution in [0.3, 0.4) is 0 Å².